The lowest BCUT2D eigenvalue weighted by atomic mass is 10.0. The molecule has 0 fully saturated rings. The van der Waals surface area contributed by atoms with Crippen LogP contribution in [0.25, 0.3) is 0 Å². The summed E-state index contributed by atoms with van der Waals surface area (Å²) in [7, 11) is 0. The lowest BCUT2D eigenvalue weighted by molar-refractivity contribution is 0.144. The summed E-state index contributed by atoms with van der Waals surface area (Å²) in [4.78, 5) is 3.85. The number of pyridine rings is 1. The molecular formula is C10H13F2N. The molecule has 0 radical (unpaired) electrons. The van der Waals surface area contributed by atoms with Crippen LogP contribution in [0.5, 0.6) is 0 Å². The first kappa shape index (κ1) is 10.1. The molecule has 0 amide bonds. The quantitative estimate of drug-likeness (QED) is 0.689. The average Bonchev–Trinajstić information content (AvgIpc) is 2.02. The van der Waals surface area contributed by atoms with Crippen molar-refractivity contribution in [3.05, 3.63) is 28.6 Å². The van der Waals surface area contributed by atoms with Crippen LogP contribution < -0.4 is 0 Å². The number of halogens is 2. The van der Waals surface area contributed by atoms with E-state index in [1.165, 1.54) is 0 Å². The molecule has 1 heterocycles. The van der Waals surface area contributed by atoms with Crippen molar-refractivity contribution >= 4 is 0 Å². The fourth-order valence-corrected chi connectivity index (χ4v) is 1.53. The maximum Gasteiger partial charge on any atom is 0.280 e. The molecule has 0 aliphatic rings. The Kier molecular flexibility index (Phi) is 2.96. The van der Waals surface area contributed by atoms with E-state index in [-0.39, 0.29) is 5.69 Å². The topological polar surface area (TPSA) is 12.9 Å². The molecule has 0 aliphatic heterocycles. The Labute approximate surface area is 76.8 Å². The monoisotopic (exact) mass is 185 g/mol. The standard InChI is InChI=1S/C10H13F2N/c1-4-8-6(2)5-7(3)13-9(8)10(11)12/h5,10H,4H2,1-3H3. The van der Waals surface area contributed by atoms with Gasteiger partial charge in [-0.05, 0) is 37.5 Å². The second-order valence-electron chi connectivity index (χ2n) is 3.10. The Balaban J connectivity index is 3.29. The Morgan fingerprint density at radius 2 is 2.00 bits per heavy atom. The zero-order valence-corrected chi connectivity index (χ0v) is 8.06. The zero-order valence-electron chi connectivity index (χ0n) is 8.06. The smallest absolute Gasteiger partial charge is 0.252 e. The third-order valence-electron chi connectivity index (χ3n) is 2.07. The van der Waals surface area contributed by atoms with Crippen LogP contribution in [0.4, 0.5) is 8.78 Å². The normalized spacial score (nSPS) is 10.9. The minimum atomic E-state index is -2.46. The Hall–Kier alpha value is -0.990. The molecule has 0 unspecified atom stereocenters. The van der Waals surface area contributed by atoms with Crippen LogP contribution in [0, 0.1) is 13.8 Å². The van der Waals surface area contributed by atoms with Crippen LogP contribution >= 0.6 is 0 Å². The minimum absolute atomic E-state index is 0.0556. The van der Waals surface area contributed by atoms with Gasteiger partial charge in [-0.2, -0.15) is 0 Å². The van der Waals surface area contributed by atoms with Crippen LogP contribution in [0.2, 0.25) is 0 Å². The molecule has 0 saturated carbocycles. The number of aryl methyl sites for hydroxylation is 2. The number of rotatable bonds is 2. The van der Waals surface area contributed by atoms with E-state index < -0.39 is 6.43 Å². The van der Waals surface area contributed by atoms with Gasteiger partial charge in [0.05, 0.1) is 0 Å². The first-order valence-corrected chi connectivity index (χ1v) is 4.31. The maximum atomic E-state index is 12.5. The molecule has 0 saturated heterocycles. The summed E-state index contributed by atoms with van der Waals surface area (Å²) in [6, 6.07) is 1.84. The highest BCUT2D eigenvalue weighted by Crippen LogP contribution is 2.24. The van der Waals surface area contributed by atoms with Gasteiger partial charge in [0.1, 0.15) is 5.69 Å². The number of nitrogens with zero attached hydrogens (tertiary/aromatic N) is 1. The fourth-order valence-electron chi connectivity index (χ4n) is 1.53. The van der Waals surface area contributed by atoms with Crippen molar-refractivity contribution in [3.63, 3.8) is 0 Å². The van der Waals surface area contributed by atoms with Crippen LogP contribution in [-0.4, -0.2) is 4.98 Å². The third kappa shape index (κ3) is 2.02. The molecule has 0 bridgehead atoms. The summed E-state index contributed by atoms with van der Waals surface area (Å²) in [5, 5.41) is 0. The van der Waals surface area contributed by atoms with Gasteiger partial charge in [-0.15, -0.1) is 0 Å². The van der Waals surface area contributed by atoms with Crippen molar-refractivity contribution in [2.75, 3.05) is 0 Å². The molecule has 3 heteroatoms. The van der Waals surface area contributed by atoms with E-state index in [0.29, 0.717) is 17.7 Å². The number of hydrogen-bond donors (Lipinski definition) is 0. The van der Waals surface area contributed by atoms with Gasteiger partial charge >= 0.3 is 0 Å². The first-order valence-electron chi connectivity index (χ1n) is 4.31. The first-order chi connectivity index (χ1) is 6.06. The van der Waals surface area contributed by atoms with Gasteiger partial charge in [-0.1, -0.05) is 6.92 Å². The predicted molar refractivity (Wildman–Crippen MR) is 48.0 cm³/mol. The number of hydrogen-bond acceptors (Lipinski definition) is 1. The van der Waals surface area contributed by atoms with Gasteiger partial charge in [-0.25, -0.2) is 8.78 Å². The van der Waals surface area contributed by atoms with E-state index in [0.717, 1.165) is 5.56 Å². The van der Waals surface area contributed by atoms with Gasteiger partial charge < -0.3 is 0 Å². The third-order valence-corrected chi connectivity index (χ3v) is 2.07. The molecule has 0 aliphatic carbocycles. The predicted octanol–water partition coefficient (Wildman–Crippen LogP) is 3.20. The van der Waals surface area contributed by atoms with Crippen molar-refractivity contribution in [2.45, 2.75) is 33.6 Å². The van der Waals surface area contributed by atoms with Crippen molar-refractivity contribution in [1.82, 2.24) is 4.98 Å². The molecular weight excluding hydrogens is 172 g/mol. The molecule has 1 aromatic heterocycles. The van der Waals surface area contributed by atoms with Crippen molar-refractivity contribution in [3.8, 4) is 0 Å². The van der Waals surface area contributed by atoms with Gasteiger partial charge in [0, 0.05) is 5.69 Å². The molecule has 1 aromatic rings. The minimum Gasteiger partial charge on any atom is -0.252 e. The summed E-state index contributed by atoms with van der Waals surface area (Å²) in [6.07, 6.45) is -1.85. The number of aromatic nitrogens is 1. The average molecular weight is 185 g/mol. The Bertz CT molecular complexity index is 308. The molecule has 72 valence electrons. The van der Waals surface area contributed by atoms with E-state index in [1.807, 2.05) is 19.9 Å². The van der Waals surface area contributed by atoms with Crippen LogP contribution in [0.15, 0.2) is 6.07 Å². The van der Waals surface area contributed by atoms with Gasteiger partial charge in [0.15, 0.2) is 0 Å². The maximum absolute atomic E-state index is 12.5. The molecule has 13 heavy (non-hydrogen) atoms. The van der Waals surface area contributed by atoms with Crippen LogP contribution in [-0.2, 0) is 6.42 Å². The largest absolute Gasteiger partial charge is 0.280 e. The van der Waals surface area contributed by atoms with Gasteiger partial charge in [0.25, 0.3) is 6.43 Å². The second kappa shape index (κ2) is 3.81. The van der Waals surface area contributed by atoms with E-state index in [4.69, 9.17) is 0 Å². The van der Waals surface area contributed by atoms with Gasteiger partial charge in [-0.3, -0.25) is 4.98 Å². The summed E-state index contributed by atoms with van der Waals surface area (Å²) < 4.78 is 25.0. The van der Waals surface area contributed by atoms with Crippen molar-refractivity contribution in [2.24, 2.45) is 0 Å². The molecule has 1 rings (SSSR count). The molecule has 0 atom stereocenters. The van der Waals surface area contributed by atoms with E-state index in [1.54, 1.807) is 6.92 Å². The van der Waals surface area contributed by atoms with E-state index in [2.05, 4.69) is 4.98 Å². The lowest BCUT2D eigenvalue weighted by Gasteiger charge is -2.10. The van der Waals surface area contributed by atoms with Crippen LogP contribution in [0.1, 0.15) is 35.9 Å². The molecule has 1 nitrogen and oxygen atoms in total. The van der Waals surface area contributed by atoms with Crippen LogP contribution in [0.3, 0.4) is 0 Å². The van der Waals surface area contributed by atoms with E-state index >= 15 is 0 Å². The van der Waals surface area contributed by atoms with E-state index in [9.17, 15) is 8.78 Å². The SMILES string of the molecule is CCc1c(C)cc(C)nc1C(F)F. The zero-order chi connectivity index (χ0) is 10.0. The van der Waals surface area contributed by atoms with Gasteiger partial charge in [0.2, 0.25) is 0 Å². The Morgan fingerprint density at radius 1 is 1.38 bits per heavy atom. The highest BCUT2D eigenvalue weighted by molar-refractivity contribution is 5.32. The highest BCUT2D eigenvalue weighted by atomic mass is 19.3. The van der Waals surface area contributed by atoms with Crippen molar-refractivity contribution in [1.29, 1.82) is 0 Å². The summed E-state index contributed by atoms with van der Waals surface area (Å²) in [5.74, 6) is 0. The second-order valence-corrected chi connectivity index (χ2v) is 3.10. The fraction of sp³-hybridized carbons (Fsp3) is 0.500. The summed E-state index contributed by atoms with van der Waals surface area (Å²) in [6.45, 7) is 5.45. The summed E-state index contributed by atoms with van der Waals surface area (Å²) >= 11 is 0. The molecule has 0 aromatic carbocycles. The van der Waals surface area contributed by atoms with Crippen molar-refractivity contribution < 1.29 is 8.78 Å². The number of alkyl halides is 2. The summed E-state index contributed by atoms with van der Waals surface area (Å²) in [5.41, 5.74) is 2.19. The molecule has 0 spiro atoms. The lowest BCUT2D eigenvalue weighted by Crippen LogP contribution is -2.02. The highest BCUT2D eigenvalue weighted by Gasteiger charge is 2.15. The Morgan fingerprint density at radius 3 is 2.46 bits per heavy atom. The molecule has 0 N–H and O–H groups in total.